The summed E-state index contributed by atoms with van der Waals surface area (Å²) in [5.41, 5.74) is 12.0. The molecule has 4 N–H and O–H groups in total. The second-order valence-electron chi connectivity index (χ2n) is 2.78. The third kappa shape index (κ3) is 1.39. The van der Waals surface area contributed by atoms with Crippen LogP contribution in [0.3, 0.4) is 0 Å². The number of anilines is 3. The Morgan fingerprint density at radius 1 is 1.08 bits per heavy atom. The summed E-state index contributed by atoms with van der Waals surface area (Å²) in [6.07, 6.45) is 0. The Morgan fingerprint density at radius 2 is 1.50 bits per heavy atom. The fraction of sp³-hybridized carbons (Fsp3) is 0.429. The van der Waals surface area contributed by atoms with E-state index < -0.39 is 0 Å². The van der Waals surface area contributed by atoms with Crippen molar-refractivity contribution in [2.24, 2.45) is 0 Å². The lowest BCUT2D eigenvalue weighted by atomic mass is 10.4. The van der Waals surface area contributed by atoms with Crippen LogP contribution in [0.4, 0.5) is 17.3 Å². The monoisotopic (exact) mass is 167 g/mol. The van der Waals surface area contributed by atoms with Gasteiger partial charge in [0, 0.05) is 14.1 Å². The van der Waals surface area contributed by atoms with Gasteiger partial charge in [-0.05, 0) is 6.92 Å². The molecule has 1 aromatic rings. The summed E-state index contributed by atoms with van der Waals surface area (Å²) < 4.78 is 0. The standard InChI is InChI=1S/C7H13N5/c1-4-10-6(8)5(12(2)3)7(9)11-4/h1-3H3,(H4,8,9,10,11). The number of aryl methyl sites for hydroxylation is 1. The van der Waals surface area contributed by atoms with Crippen molar-refractivity contribution < 1.29 is 0 Å². The van der Waals surface area contributed by atoms with E-state index in [1.165, 1.54) is 0 Å². The van der Waals surface area contributed by atoms with Crippen molar-refractivity contribution in [2.75, 3.05) is 30.5 Å². The Balaban J connectivity index is 3.28. The zero-order valence-electron chi connectivity index (χ0n) is 7.50. The molecule has 0 aliphatic rings. The van der Waals surface area contributed by atoms with E-state index in [2.05, 4.69) is 9.97 Å². The second kappa shape index (κ2) is 2.84. The first kappa shape index (κ1) is 8.58. The summed E-state index contributed by atoms with van der Waals surface area (Å²) in [5.74, 6) is 1.44. The highest BCUT2D eigenvalue weighted by Gasteiger charge is 2.09. The van der Waals surface area contributed by atoms with Gasteiger partial charge in [0.05, 0.1) is 0 Å². The maximum absolute atomic E-state index is 5.65. The van der Waals surface area contributed by atoms with E-state index >= 15 is 0 Å². The third-order valence-electron chi connectivity index (χ3n) is 1.50. The van der Waals surface area contributed by atoms with Gasteiger partial charge in [-0.1, -0.05) is 0 Å². The highest BCUT2D eigenvalue weighted by atomic mass is 15.1. The third-order valence-corrected chi connectivity index (χ3v) is 1.50. The predicted octanol–water partition coefficient (Wildman–Crippen LogP) is 0.0154. The van der Waals surface area contributed by atoms with Crippen molar-refractivity contribution in [2.45, 2.75) is 6.92 Å². The van der Waals surface area contributed by atoms with E-state index in [-0.39, 0.29) is 0 Å². The molecule has 0 saturated carbocycles. The Morgan fingerprint density at radius 3 is 1.83 bits per heavy atom. The minimum Gasteiger partial charge on any atom is -0.382 e. The van der Waals surface area contributed by atoms with E-state index in [0.29, 0.717) is 23.1 Å². The van der Waals surface area contributed by atoms with Crippen LogP contribution in [0.15, 0.2) is 0 Å². The van der Waals surface area contributed by atoms with Crippen molar-refractivity contribution in [1.29, 1.82) is 0 Å². The summed E-state index contributed by atoms with van der Waals surface area (Å²) in [4.78, 5) is 9.80. The number of nitrogens with two attached hydrogens (primary N) is 2. The van der Waals surface area contributed by atoms with Crippen LogP contribution in [0.2, 0.25) is 0 Å². The van der Waals surface area contributed by atoms with Gasteiger partial charge in [-0.2, -0.15) is 0 Å². The maximum Gasteiger partial charge on any atom is 0.153 e. The van der Waals surface area contributed by atoms with Gasteiger partial charge in [0.1, 0.15) is 11.5 Å². The highest BCUT2D eigenvalue weighted by Crippen LogP contribution is 2.24. The molecule has 0 aromatic carbocycles. The molecule has 1 aromatic heterocycles. The first-order valence-corrected chi connectivity index (χ1v) is 3.59. The fourth-order valence-electron chi connectivity index (χ4n) is 1.07. The maximum atomic E-state index is 5.65. The molecule has 0 atom stereocenters. The lowest BCUT2D eigenvalue weighted by Gasteiger charge is -2.16. The van der Waals surface area contributed by atoms with Gasteiger partial charge < -0.3 is 16.4 Å². The number of hydrogen-bond donors (Lipinski definition) is 2. The molecule has 1 rings (SSSR count). The first-order valence-electron chi connectivity index (χ1n) is 3.59. The van der Waals surface area contributed by atoms with Gasteiger partial charge in [-0.3, -0.25) is 0 Å². The molecular formula is C7H13N5. The Bertz CT molecular complexity index is 271. The van der Waals surface area contributed by atoms with Gasteiger partial charge in [-0.25, -0.2) is 9.97 Å². The van der Waals surface area contributed by atoms with Crippen LogP contribution in [-0.4, -0.2) is 24.1 Å². The summed E-state index contributed by atoms with van der Waals surface area (Å²) in [5, 5.41) is 0. The van der Waals surface area contributed by atoms with Gasteiger partial charge >= 0.3 is 0 Å². The summed E-state index contributed by atoms with van der Waals surface area (Å²) in [6.45, 7) is 1.76. The van der Waals surface area contributed by atoms with Gasteiger partial charge in [0.2, 0.25) is 0 Å². The van der Waals surface area contributed by atoms with Crippen LogP contribution in [0, 0.1) is 6.92 Å². The first-order chi connectivity index (χ1) is 5.52. The second-order valence-corrected chi connectivity index (χ2v) is 2.78. The minimum absolute atomic E-state index is 0.421. The summed E-state index contributed by atoms with van der Waals surface area (Å²) >= 11 is 0. The average Bonchev–Trinajstić information content (AvgIpc) is 1.82. The quantitative estimate of drug-likeness (QED) is 0.616. The van der Waals surface area contributed by atoms with Gasteiger partial charge in [0.25, 0.3) is 0 Å². The minimum atomic E-state index is 0.421. The van der Waals surface area contributed by atoms with Crippen molar-refractivity contribution >= 4 is 17.3 Å². The zero-order chi connectivity index (χ0) is 9.30. The van der Waals surface area contributed by atoms with Crippen molar-refractivity contribution in [3.05, 3.63) is 5.82 Å². The predicted molar refractivity (Wildman–Crippen MR) is 49.9 cm³/mol. The largest absolute Gasteiger partial charge is 0.382 e. The lowest BCUT2D eigenvalue weighted by Crippen LogP contribution is -2.16. The molecule has 0 radical (unpaired) electrons. The summed E-state index contributed by atoms with van der Waals surface area (Å²) in [6, 6.07) is 0. The molecular weight excluding hydrogens is 154 g/mol. The van der Waals surface area contributed by atoms with Crippen LogP contribution < -0.4 is 16.4 Å². The van der Waals surface area contributed by atoms with Crippen molar-refractivity contribution in [3.63, 3.8) is 0 Å². The molecule has 0 spiro atoms. The molecule has 0 unspecified atom stereocenters. The van der Waals surface area contributed by atoms with Crippen LogP contribution in [0.5, 0.6) is 0 Å². The lowest BCUT2D eigenvalue weighted by molar-refractivity contribution is 1.03. The molecule has 0 bridgehead atoms. The molecule has 5 heteroatoms. The number of hydrogen-bond acceptors (Lipinski definition) is 5. The van der Waals surface area contributed by atoms with E-state index in [9.17, 15) is 0 Å². The number of nitrogens with zero attached hydrogens (tertiary/aromatic N) is 3. The van der Waals surface area contributed by atoms with E-state index in [0.717, 1.165) is 0 Å². The highest BCUT2D eigenvalue weighted by molar-refractivity contribution is 5.74. The smallest absolute Gasteiger partial charge is 0.153 e. The molecule has 5 nitrogen and oxygen atoms in total. The van der Waals surface area contributed by atoms with Crippen molar-refractivity contribution in [3.8, 4) is 0 Å². The molecule has 0 fully saturated rings. The van der Waals surface area contributed by atoms with Gasteiger partial charge in [0.15, 0.2) is 11.6 Å². The van der Waals surface area contributed by atoms with Crippen LogP contribution >= 0.6 is 0 Å². The molecule has 0 aliphatic heterocycles. The Kier molecular flexibility index (Phi) is 2.03. The molecule has 0 aliphatic carbocycles. The van der Waals surface area contributed by atoms with E-state index in [1.807, 2.05) is 14.1 Å². The Labute approximate surface area is 71.4 Å². The number of nitrogen functional groups attached to an aromatic ring is 2. The number of rotatable bonds is 1. The van der Waals surface area contributed by atoms with Crippen LogP contribution in [0.1, 0.15) is 5.82 Å². The molecule has 12 heavy (non-hydrogen) atoms. The SMILES string of the molecule is Cc1nc(N)c(N(C)C)c(N)n1. The van der Waals surface area contributed by atoms with E-state index in [4.69, 9.17) is 11.5 Å². The average molecular weight is 167 g/mol. The Hall–Kier alpha value is -1.52. The topological polar surface area (TPSA) is 81.1 Å². The van der Waals surface area contributed by atoms with E-state index in [1.54, 1.807) is 11.8 Å². The molecule has 1 heterocycles. The normalized spacial score (nSPS) is 9.92. The molecule has 0 saturated heterocycles. The number of aromatic nitrogens is 2. The molecule has 66 valence electrons. The van der Waals surface area contributed by atoms with Crippen molar-refractivity contribution in [1.82, 2.24) is 9.97 Å². The molecule has 0 amide bonds. The fourth-order valence-corrected chi connectivity index (χ4v) is 1.07. The van der Waals surface area contributed by atoms with Crippen LogP contribution in [0.25, 0.3) is 0 Å². The van der Waals surface area contributed by atoms with Crippen LogP contribution in [-0.2, 0) is 0 Å². The summed E-state index contributed by atoms with van der Waals surface area (Å²) in [7, 11) is 3.70. The van der Waals surface area contributed by atoms with Gasteiger partial charge in [-0.15, -0.1) is 0 Å². The zero-order valence-corrected chi connectivity index (χ0v) is 7.50.